The summed E-state index contributed by atoms with van der Waals surface area (Å²) in [5, 5.41) is 2.96. The zero-order valence-electron chi connectivity index (χ0n) is 16.2. The molecule has 2 aromatic rings. The van der Waals surface area contributed by atoms with E-state index in [9.17, 15) is 9.18 Å². The molecule has 4 heteroatoms. The van der Waals surface area contributed by atoms with Crippen LogP contribution >= 0.6 is 0 Å². The van der Waals surface area contributed by atoms with Crippen LogP contribution < -0.4 is 10.1 Å². The molecule has 0 unspecified atom stereocenters. The molecule has 2 aromatic carbocycles. The predicted octanol–water partition coefficient (Wildman–Crippen LogP) is 5.33. The van der Waals surface area contributed by atoms with Crippen LogP contribution in [0.2, 0.25) is 0 Å². The third-order valence-corrected chi connectivity index (χ3v) is 5.27. The zero-order valence-corrected chi connectivity index (χ0v) is 16.2. The van der Waals surface area contributed by atoms with Crippen molar-refractivity contribution in [1.82, 2.24) is 5.32 Å². The summed E-state index contributed by atoms with van der Waals surface area (Å²) in [6.07, 6.45) is 6.10. The number of carbonyl (C=O) groups excluding carboxylic acids is 1. The van der Waals surface area contributed by atoms with Gasteiger partial charge in [-0.15, -0.1) is 0 Å². The van der Waals surface area contributed by atoms with Crippen LogP contribution in [0.15, 0.2) is 36.4 Å². The number of carbonyl (C=O) groups is 1. The Hall–Kier alpha value is -2.36. The summed E-state index contributed by atoms with van der Waals surface area (Å²) < 4.78 is 20.2. The van der Waals surface area contributed by atoms with Crippen LogP contribution in [0.4, 0.5) is 4.39 Å². The summed E-state index contributed by atoms with van der Waals surface area (Å²) in [7, 11) is 0. The van der Waals surface area contributed by atoms with Gasteiger partial charge >= 0.3 is 0 Å². The summed E-state index contributed by atoms with van der Waals surface area (Å²) >= 11 is 0. The number of nitrogens with one attached hydrogen (secondary N) is 1. The summed E-state index contributed by atoms with van der Waals surface area (Å²) in [5.41, 5.74) is 3.13. The largest absolute Gasteiger partial charge is 0.486 e. The minimum atomic E-state index is -0.495. The number of aryl methyl sites for hydroxylation is 2. The minimum Gasteiger partial charge on any atom is -0.486 e. The number of rotatable bonds is 6. The van der Waals surface area contributed by atoms with E-state index in [0.29, 0.717) is 30.2 Å². The molecular weight excluding hydrogens is 341 g/mol. The van der Waals surface area contributed by atoms with Crippen LogP contribution in [0.5, 0.6) is 5.75 Å². The fourth-order valence-corrected chi connectivity index (χ4v) is 3.61. The second-order valence-corrected chi connectivity index (χ2v) is 7.59. The minimum absolute atomic E-state index is 0.208. The maximum Gasteiger partial charge on any atom is 0.251 e. The Balaban J connectivity index is 1.61. The number of benzene rings is 2. The van der Waals surface area contributed by atoms with E-state index >= 15 is 0 Å². The van der Waals surface area contributed by atoms with Crippen molar-refractivity contribution in [2.24, 2.45) is 5.92 Å². The fraction of sp³-hybridized carbons (Fsp3) is 0.435. The molecule has 0 aliphatic heterocycles. The van der Waals surface area contributed by atoms with Gasteiger partial charge in [-0.2, -0.15) is 0 Å². The van der Waals surface area contributed by atoms with Gasteiger partial charge < -0.3 is 10.1 Å². The first-order valence-electron chi connectivity index (χ1n) is 9.79. The molecule has 3 rings (SSSR count). The van der Waals surface area contributed by atoms with Crippen LogP contribution in [0.25, 0.3) is 0 Å². The SMILES string of the molecule is Cc1ccc(COc2c(C)cc(C(=O)NCC3CCCCC3)cc2F)cc1. The first-order chi connectivity index (χ1) is 13.0. The van der Waals surface area contributed by atoms with Crippen molar-refractivity contribution in [3.63, 3.8) is 0 Å². The molecule has 0 heterocycles. The van der Waals surface area contributed by atoms with Crippen molar-refractivity contribution in [2.75, 3.05) is 6.54 Å². The van der Waals surface area contributed by atoms with Crippen LogP contribution in [0.1, 0.15) is 59.2 Å². The number of halogens is 1. The molecule has 1 N–H and O–H groups in total. The molecule has 0 aromatic heterocycles. The Morgan fingerprint density at radius 1 is 1.11 bits per heavy atom. The van der Waals surface area contributed by atoms with Gasteiger partial charge in [0.2, 0.25) is 0 Å². The highest BCUT2D eigenvalue weighted by atomic mass is 19.1. The van der Waals surface area contributed by atoms with Gasteiger partial charge in [0.05, 0.1) is 0 Å². The lowest BCUT2D eigenvalue weighted by molar-refractivity contribution is 0.0943. The molecule has 1 saturated carbocycles. The van der Waals surface area contributed by atoms with Gasteiger partial charge in [-0.1, -0.05) is 49.1 Å². The van der Waals surface area contributed by atoms with Crippen molar-refractivity contribution in [1.29, 1.82) is 0 Å². The Labute approximate surface area is 160 Å². The Kier molecular flexibility index (Phi) is 6.49. The lowest BCUT2D eigenvalue weighted by Crippen LogP contribution is -2.30. The molecule has 0 radical (unpaired) electrons. The molecule has 0 atom stereocenters. The third kappa shape index (κ3) is 5.31. The first-order valence-corrected chi connectivity index (χ1v) is 9.79. The van der Waals surface area contributed by atoms with E-state index < -0.39 is 5.82 Å². The molecule has 27 heavy (non-hydrogen) atoms. The lowest BCUT2D eigenvalue weighted by atomic mass is 9.89. The van der Waals surface area contributed by atoms with Gasteiger partial charge in [0, 0.05) is 12.1 Å². The number of ether oxygens (including phenoxy) is 1. The summed E-state index contributed by atoms with van der Waals surface area (Å²) in [6.45, 7) is 4.76. The first kappa shape index (κ1) is 19.4. The molecule has 1 aliphatic rings. The number of amides is 1. The van der Waals surface area contributed by atoms with E-state index in [2.05, 4.69) is 5.32 Å². The maximum atomic E-state index is 14.5. The van der Waals surface area contributed by atoms with E-state index in [1.54, 1.807) is 13.0 Å². The molecule has 0 spiro atoms. The molecule has 0 saturated heterocycles. The van der Waals surface area contributed by atoms with Crippen molar-refractivity contribution in [3.05, 3.63) is 64.5 Å². The van der Waals surface area contributed by atoms with Crippen LogP contribution in [-0.2, 0) is 6.61 Å². The summed E-state index contributed by atoms with van der Waals surface area (Å²) in [6, 6.07) is 10.9. The van der Waals surface area contributed by atoms with Crippen molar-refractivity contribution >= 4 is 5.91 Å². The zero-order chi connectivity index (χ0) is 19.2. The van der Waals surface area contributed by atoms with Crippen LogP contribution in [-0.4, -0.2) is 12.5 Å². The van der Waals surface area contributed by atoms with Gasteiger partial charge in [-0.3, -0.25) is 4.79 Å². The number of hydrogen-bond acceptors (Lipinski definition) is 2. The highest BCUT2D eigenvalue weighted by Gasteiger charge is 2.17. The van der Waals surface area contributed by atoms with Gasteiger partial charge in [0.1, 0.15) is 6.61 Å². The topological polar surface area (TPSA) is 38.3 Å². The van der Waals surface area contributed by atoms with E-state index in [1.807, 2.05) is 31.2 Å². The molecule has 3 nitrogen and oxygen atoms in total. The Morgan fingerprint density at radius 2 is 1.81 bits per heavy atom. The summed E-state index contributed by atoms with van der Waals surface area (Å²) in [4.78, 5) is 12.4. The molecular formula is C23H28FNO2. The highest BCUT2D eigenvalue weighted by Crippen LogP contribution is 2.26. The van der Waals surface area contributed by atoms with Crippen molar-refractivity contribution < 1.29 is 13.9 Å². The monoisotopic (exact) mass is 369 g/mol. The smallest absolute Gasteiger partial charge is 0.251 e. The lowest BCUT2D eigenvalue weighted by Gasteiger charge is -2.21. The average molecular weight is 369 g/mol. The molecule has 1 aliphatic carbocycles. The van der Waals surface area contributed by atoms with Crippen LogP contribution in [0, 0.1) is 25.6 Å². The Bertz CT molecular complexity index is 756. The normalized spacial score (nSPS) is 14.8. The van der Waals surface area contributed by atoms with E-state index in [4.69, 9.17) is 4.74 Å². The van der Waals surface area contributed by atoms with Gasteiger partial charge in [-0.25, -0.2) is 4.39 Å². The van der Waals surface area contributed by atoms with E-state index in [1.165, 1.54) is 43.7 Å². The number of hydrogen-bond donors (Lipinski definition) is 1. The predicted molar refractivity (Wildman–Crippen MR) is 106 cm³/mol. The summed E-state index contributed by atoms with van der Waals surface area (Å²) in [5.74, 6) is 0.0442. The quantitative estimate of drug-likeness (QED) is 0.747. The average Bonchev–Trinajstić information content (AvgIpc) is 2.67. The molecule has 0 bridgehead atoms. The van der Waals surface area contributed by atoms with E-state index in [-0.39, 0.29) is 11.7 Å². The second kappa shape index (κ2) is 9.03. The molecule has 1 fully saturated rings. The van der Waals surface area contributed by atoms with Gasteiger partial charge in [0.15, 0.2) is 11.6 Å². The van der Waals surface area contributed by atoms with Crippen molar-refractivity contribution in [2.45, 2.75) is 52.6 Å². The van der Waals surface area contributed by atoms with Crippen LogP contribution in [0.3, 0.4) is 0 Å². The van der Waals surface area contributed by atoms with Gasteiger partial charge in [0.25, 0.3) is 5.91 Å². The second-order valence-electron chi connectivity index (χ2n) is 7.59. The fourth-order valence-electron chi connectivity index (χ4n) is 3.61. The molecule has 144 valence electrons. The standard InChI is InChI=1S/C23H28FNO2/c1-16-8-10-19(11-9-16)15-27-22-17(2)12-20(13-21(22)24)23(26)25-14-18-6-4-3-5-7-18/h8-13,18H,3-7,14-15H2,1-2H3,(H,25,26). The highest BCUT2D eigenvalue weighted by molar-refractivity contribution is 5.94. The third-order valence-electron chi connectivity index (χ3n) is 5.27. The Morgan fingerprint density at radius 3 is 2.48 bits per heavy atom. The van der Waals surface area contributed by atoms with E-state index in [0.717, 1.165) is 5.56 Å². The van der Waals surface area contributed by atoms with Crippen molar-refractivity contribution in [3.8, 4) is 5.75 Å². The molecule has 1 amide bonds. The maximum absolute atomic E-state index is 14.5. The van der Waals surface area contributed by atoms with Gasteiger partial charge in [-0.05, 0) is 55.9 Å².